The highest BCUT2D eigenvalue weighted by molar-refractivity contribution is 7.98. The van der Waals surface area contributed by atoms with E-state index in [1.54, 1.807) is 18.0 Å². The number of amides is 2. The van der Waals surface area contributed by atoms with Crippen LogP contribution in [0.2, 0.25) is 0 Å². The minimum Gasteiger partial charge on any atom is -0.335 e. The smallest absolute Gasteiger partial charge is 0.317 e. The molecule has 0 unspecified atom stereocenters. The fraction of sp³-hybridized carbons (Fsp3) is 0.647. The van der Waals surface area contributed by atoms with Crippen molar-refractivity contribution in [1.82, 2.24) is 20.1 Å². The third-order valence-electron chi connectivity index (χ3n) is 4.10. The lowest BCUT2D eigenvalue weighted by Gasteiger charge is -2.23. The molecule has 5 nitrogen and oxygen atoms in total. The van der Waals surface area contributed by atoms with Crippen LogP contribution < -0.4 is 5.32 Å². The molecule has 1 aromatic rings. The molecule has 1 aromatic heterocycles. The molecule has 0 radical (unpaired) electrons. The summed E-state index contributed by atoms with van der Waals surface area (Å²) in [5.41, 5.74) is 1.23. The van der Waals surface area contributed by atoms with Crippen LogP contribution in [0.3, 0.4) is 0 Å². The van der Waals surface area contributed by atoms with Crippen LogP contribution in [0, 0.1) is 5.92 Å². The minimum atomic E-state index is 0.0870. The number of thioether (sulfide) groups is 1. The molecule has 0 saturated carbocycles. The molecular weight excluding hydrogens is 308 g/mol. The van der Waals surface area contributed by atoms with Crippen LogP contribution in [0.1, 0.15) is 18.9 Å². The second kappa shape index (κ2) is 9.13. The first-order chi connectivity index (χ1) is 11.1. The summed E-state index contributed by atoms with van der Waals surface area (Å²) in [5.74, 6) is 1.51. The second-order valence-corrected chi connectivity index (χ2v) is 7.38. The summed E-state index contributed by atoms with van der Waals surface area (Å²) in [6.45, 7) is 5.70. The van der Waals surface area contributed by atoms with Gasteiger partial charge in [0.05, 0.1) is 0 Å². The average Bonchev–Trinajstić information content (AvgIpc) is 2.97. The minimum absolute atomic E-state index is 0.0870. The van der Waals surface area contributed by atoms with E-state index in [-0.39, 0.29) is 12.1 Å². The number of hydrogen-bond acceptors (Lipinski definition) is 4. The van der Waals surface area contributed by atoms with Crippen LogP contribution in [0.15, 0.2) is 24.5 Å². The first kappa shape index (κ1) is 18.1. The Kier molecular flexibility index (Phi) is 7.17. The van der Waals surface area contributed by atoms with E-state index in [2.05, 4.69) is 41.5 Å². The molecule has 1 saturated heterocycles. The zero-order valence-electron chi connectivity index (χ0n) is 14.4. The van der Waals surface area contributed by atoms with E-state index in [0.717, 1.165) is 38.4 Å². The van der Waals surface area contributed by atoms with E-state index in [1.165, 1.54) is 5.56 Å². The number of carbonyl (C=O) groups is 1. The molecule has 128 valence electrons. The van der Waals surface area contributed by atoms with E-state index in [1.807, 2.05) is 17.2 Å². The van der Waals surface area contributed by atoms with Crippen LogP contribution in [-0.2, 0) is 6.54 Å². The summed E-state index contributed by atoms with van der Waals surface area (Å²) >= 11 is 1.76. The van der Waals surface area contributed by atoms with Gasteiger partial charge in [-0.1, -0.05) is 6.07 Å². The maximum absolute atomic E-state index is 12.2. The highest BCUT2D eigenvalue weighted by atomic mass is 32.2. The number of likely N-dealkylation sites (tertiary alicyclic amines) is 1. The average molecular weight is 337 g/mol. The van der Waals surface area contributed by atoms with E-state index >= 15 is 0 Å². The van der Waals surface area contributed by atoms with E-state index in [0.29, 0.717) is 5.92 Å². The maximum Gasteiger partial charge on any atom is 0.317 e. The third kappa shape index (κ3) is 6.03. The lowest BCUT2D eigenvalue weighted by Crippen LogP contribution is -2.44. The number of nitrogens with one attached hydrogen (secondary N) is 1. The molecule has 2 atom stereocenters. The number of carbonyl (C=O) groups excluding carboxylic acids is 1. The summed E-state index contributed by atoms with van der Waals surface area (Å²) < 4.78 is 0. The molecule has 2 rings (SSSR count). The fourth-order valence-electron chi connectivity index (χ4n) is 3.07. The molecule has 0 aromatic carbocycles. The van der Waals surface area contributed by atoms with Crippen molar-refractivity contribution in [3.63, 3.8) is 0 Å². The number of rotatable bonds is 7. The largest absolute Gasteiger partial charge is 0.335 e. The van der Waals surface area contributed by atoms with Crippen LogP contribution in [0.5, 0.6) is 0 Å². The van der Waals surface area contributed by atoms with Crippen molar-refractivity contribution in [3.8, 4) is 0 Å². The van der Waals surface area contributed by atoms with Crippen LogP contribution in [0.25, 0.3) is 0 Å². The number of urea groups is 1. The fourth-order valence-corrected chi connectivity index (χ4v) is 3.65. The van der Waals surface area contributed by atoms with Crippen LogP contribution >= 0.6 is 11.8 Å². The summed E-state index contributed by atoms with van der Waals surface area (Å²) in [4.78, 5) is 20.7. The molecule has 6 heteroatoms. The molecule has 1 aliphatic heterocycles. The van der Waals surface area contributed by atoms with Gasteiger partial charge in [-0.15, -0.1) is 0 Å². The van der Waals surface area contributed by atoms with Gasteiger partial charge < -0.3 is 15.1 Å². The quantitative estimate of drug-likeness (QED) is 0.830. The van der Waals surface area contributed by atoms with Crippen molar-refractivity contribution in [2.75, 3.05) is 38.7 Å². The normalized spacial score (nSPS) is 19.1. The van der Waals surface area contributed by atoms with Gasteiger partial charge in [-0.2, -0.15) is 11.8 Å². The van der Waals surface area contributed by atoms with Gasteiger partial charge in [-0.25, -0.2) is 4.79 Å². The Hall–Kier alpha value is -1.27. The third-order valence-corrected chi connectivity index (χ3v) is 4.94. The van der Waals surface area contributed by atoms with E-state index in [9.17, 15) is 4.79 Å². The predicted octanol–water partition coefficient (Wildman–Crippen LogP) is 2.30. The molecule has 1 N–H and O–H groups in total. The van der Waals surface area contributed by atoms with Crippen LogP contribution in [-0.4, -0.2) is 65.5 Å². The molecule has 1 fully saturated rings. The number of pyridine rings is 1. The molecule has 2 heterocycles. The second-order valence-electron chi connectivity index (χ2n) is 6.46. The lowest BCUT2D eigenvalue weighted by atomic mass is 10.1. The Labute approximate surface area is 143 Å². The van der Waals surface area contributed by atoms with Crippen molar-refractivity contribution in [2.45, 2.75) is 25.9 Å². The standard InChI is InChI=1S/C17H28N4OS/c1-14(13-23-3)19-17(22)21-8-6-16(12-21)11-20(2)10-15-5-4-7-18-9-15/h4-5,7,9,14,16H,6,8,10-13H2,1-3H3,(H,19,22)/t14-,16+/m1/s1. The predicted molar refractivity (Wildman–Crippen MR) is 96.6 cm³/mol. The zero-order valence-corrected chi connectivity index (χ0v) is 15.2. The van der Waals surface area contributed by atoms with Gasteiger partial charge >= 0.3 is 6.03 Å². The summed E-state index contributed by atoms with van der Waals surface area (Å²) in [5, 5.41) is 3.08. The molecule has 0 bridgehead atoms. The highest BCUT2D eigenvalue weighted by Crippen LogP contribution is 2.18. The Morgan fingerprint density at radius 1 is 1.61 bits per heavy atom. The Bertz CT molecular complexity index is 485. The zero-order chi connectivity index (χ0) is 16.7. The monoisotopic (exact) mass is 336 g/mol. The molecule has 1 aliphatic rings. The van der Waals surface area contributed by atoms with Crippen molar-refractivity contribution >= 4 is 17.8 Å². The summed E-state index contributed by atoms with van der Waals surface area (Å²) in [6.07, 6.45) is 6.86. The SMILES string of the molecule is CSC[C@@H](C)NC(=O)N1CC[C@@H](CN(C)Cc2cccnc2)C1. The first-order valence-electron chi connectivity index (χ1n) is 8.20. The molecular formula is C17H28N4OS. The maximum atomic E-state index is 12.2. The van der Waals surface area contributed by atoms with E-state index < -0.39 is 0 Å². The Morgan fingerprint density at radius 2 is 2.43 bits per heavy atom. The molecule has 0 spiro atoms. The van der Waals surface area contributed by atoms with Gasteiger partial charge in [0, 0.05) is 50.4 Å². The van der Waals surface area contributed by atoms with Gasteiger partial charge in [0.2, 0.25) is 0 Å². The van der Waals surface area contributed by atoms with Crippen molar-refractivity contribution in [3.05, 3.63) is 30.1 Å². The van der Waals surface area contributed by atoms with Crippen molar-refractivity contribution in [2.24, 2.45) is 5.92 Å². The Balaban J connectivity index is 1.73. The van der Waals surface area contributed by atoms with Gasteiger partial charge in [0.15, 0.2) is 0 Å². The van der Waals surface area contributed by atoms with E-state index in [4.69, 9.17) is 0 Å². The molecule has 0 aliphatic carbocycles. The van der Waals surface area contributed by atoms with Crippen LogP contribution in [0.4, 0.5) is 4.79 Å². The summed E-state index contributed by atoms with van der Waals surface area (Å²) in [6, 6.07) is 4.39. The van der Waals surface area contributed by atoms with Crippen molar-refractivity contribution in [1.29, 1.82) is 0 Å². The number of aromatic nitrogens is 1. The number of nitrogens with zero attached hydrogens (tertiary/aromatic N) is 3. The highest BCUT2D eigenvalue weighted by Gasteiger charge is 2.27. The van der Waals surface area contributed by atoms with Gasteiger partial charge in [0.25, 0.3) is 0 Å². The van der Waals surface area contributed by atoms with Gasteiger partial charge in [0.1, 0.15) is 0 Å². The molecule has 2 amide bonds. The number of hydrogen-bond donors (Lipinski definition) is 1. The lowest BCUT2D eigenvalue weighted by molar-refractivity contribution is 0.201. The Morgan fingerprint density at radius 3 is 3.13 bits per heavy atom. The topological polar surface area (TPSA) is 48.5 Å². The summed E-state index contributed by atoms with van der Waals surface area (Å²) in [7, 11) is 2.14. The van der Waals surface area contributed by atoms with Gasteiger partial charge in [-0.3, -0.25) is 4.98 Å². The first-order valence-corrected chi connectivity index (χ1v) is 9.59. The molecule has 23 heavy (non-hydrogen) atoms. The van der Waals surface area contributed by atoms with Crippen molar-refractivity contribution < 1.29 is 4.79 Å². The van der Waals surface area contributed by atoms with Gasteiger partial charge in [-0.05, 0) is 44.2 Å².